The number of hydrogen-bond acceptors (Lipinski definition) is 5. The van der Waals surface area contributed by atoms with E-state index in [0.29, 0.717) is 16.7 Å². The number of imide groups is 1. The van der Waals surface area contributed by atoms with Crippen LogP contribution in [0.4, 0.5) is 11.4 Å². The number of rotatable bonds is 4. The van der Waals surface area contributed by atoms with E-state index in [1.165, 1.54) is 24.9 Å². The zero-order valence-electron chi connectivity index (χ0n) is 17.2. The van der Waals surface area contributed by atoms with Crippen molar-refractivity contribution >= 4 is 51.4 Å². The molecule has 0 atom stereocenters. The standard InChI is InChI=1S/C24H25IN4O2/c25-16-4-9-20-21(14-16)22(24(31)27-23(20)30)15-26-17-5-7-19(8-6-17)29-12-10-28(11-13-29)18-2-1-3-18/h4-9,14-15,18,26H,1-3,10-13H2,(H,27,30,31). The molecule has 2 N–H and O–H groups in total. The van der Waals surface area contributed by atoms with Gasteiger partial charge in [-0.25, -0.2) is 0 Å². The summed E-state index contributed by atoms with van der Waals surface area (Å²) >= 11 is 2.19. The van der Waals surface area contributed by atoms with Gasteiger partial charge in [0.2, 0.25) is 0 Å². The maximum Gasteiger partial charge on any atom is 0.260 e. The van der Waals surface area contributed by atoms with E-state index in [4.69, 9.17) is 0 Å². The Morgan fingerprint density at radius 2 is 1.68 bits per heavy atom. The maximum atomic E-state index is 12.4. The van der Waals surface area contributed by atoms with Gasteiger partial charge < -0.3 is 10.2 Å². The lowest BCUT2D eigenvalue weighted by Crippen LogP contribution is -2.52. The summed E-state index contributed by atoms with van der Waals surface area (Å²) < 4.78 is 0.978. The highest BCUT2D eigenvalue weighted by Crippen LogP contribution is 2.28. The van der Waals surface area contributed by atoms with Crippen molar-refractivity contribution in [3.63, 3.8) is 0 Å². The van der Waals surface area contributed by atoms with Gasteiger partial charge in [0.15, 0.2) is 0 Å². The highest BCUT2D eigenvalue weighted by atomic mass is 127. The van der Waals surface area contributed by atoms with Crippen molar-refractivity contribution < 1.29 is 9.59 Å². The third kappa shape index (κ3) is 4.21. The Morgan fingerprint density at radius 3 is 2.35 bits per heavy atom. The minimum Gasteiger partial charge on any atom is -0.369 e. The summed E-state index contributed by atoms with van der Waals surface area (Å²) in [6.07, 6.45) is 5.80. The van der Waals surface area contributed by atoms with Gasteiger partial charge in [0.25, 0.3) is 11.8 Å². The molecule has 2 amide bonds. The van der Waals surface area contributed by atoms with Gasteiger partial charge in [0, 0.05) is 64.5 Å². The summed E-state index contributed by atoms with van der Waals surface area (Å²) in [5.41, 5.74) is 3.77. The van der Waals surface area contributed by atoms with Crippen LogP contribution in [0.5, 0.6) is 0 Å². The second kappa shape index (κ2) is 8.63. The molecule has 2 heterocycles. The smallest absolute Gasteiger partial charge is 0.260 e. The summed E-state index contributed by atoms with van der Waals surface area (Å²) in [5, 5.41) is 5.64. The Hall–Kier alpha value is -2.39. The van der Waals surface area contributed by atoms with E-state index >= 15 is 0 Å². The third-order valence-electron chi connectivity index (χ3n) is 6.51. The van der Waals surface area contributed by atoms with Crippen LogP contribution in [0, 0.1) is 3.57 Å². The van der Waals surface area contributed by atoms with Gasteiger partial charge in [-0.3, -0.25) is 19.8 Å². The number of carbonyl (C=O) groups is 2. The number of piperazine rings is 1. The van der Waals surface area contributed by atoms with E-state index in [1.54, 1.807) is 12.3 Å². The number of amides is 2. The topological polar surface area (TPSA) is 64.7 Å². The van der Waals surface area contributed by atoms with E-state index in [9.17, 15) is 9.59 Å². The lowest BCUT2D eigenvalue weighted by molar-refractivity contribution is -0.114. The molecule has 0 radical (unpaired) electrons. The van der Waals surface area contributed by atoms with Crippen molar-refractivity contribution in [3.05, 3.63) is 63.4 Å². The van der Waals surface area contributed by atoms with Crippen molar-refractivity contribution in [3.8, 4) is 0 Å². The Bertz CT molecular complexity index is 1040. The van der Waals surface area contributed by atoms with Gasteiger partial charge in [-0.05, 0) is 77.9 Å². The predicted octanol–water partition coefficient (Wildman–Crippen LogP) is 3.69. The number of benzene rings is 2. The fourth-order valence-corrected chi connectivity index (χ4v) is 4.95. The second-order valence-electron chi connectivity index (χ2n) is 8.33. The van der Waals surface area contributed by atoms with Crippen LogP contribution in [0.15, 0.2) is 48.7 Å². The van der Waals surface area contributed by atoms with Gasteiger partial charge in [-0.15, -0.1) is 0 Å². The Labute approximate surface area is 195 Å². The summed E-state index contributed by atoms with van der Waals surface area (Å²) in [7, 11) is 0. The second-order valence-corrected chi connectivity index (χ2v) is 9.58. The molecule has 1 saturated carbocycles. The van der Waals surface area contributed by atoms with Crippen molar-refractivity contribution in [1.29, 1.82) is 0 Å². The fourth-order valence-electron chi connectivity index (χ4n) is 4.46. The first-order valence-electron chi connectivity index (χ1n) is 10.8. The number of fused-ring (bicyclic) bond motifs is 1. The summed E-state index contributed by atoms with van der Waals surface area (Å²) in [6, 6.07) is 14.6. The molecular weight excluding hydrogens is 503 g/mol. The van der Waals surface area contributed by atoms with Crippen molar-refractivity contribution in [2.75, 3.05) is 36.4 Å². The number of nitrogens with zero attached hydrogens (tertiary/aromatic N) is 2. The molecule has 31 heavy (non-hydrogen) atoms. The average molecular weight is 528 g/mol. The van der Waals surface area contributed by atoms with Crippen LogP contribution in [0.25, 0.3) is 5.57 Å². The van der Waals surface area contributed by atoms with Crippen molar-refractivity contribution in [2.24, 2.45) is 0 Å². The van der Waals surface area contributed by atoms with Crippen LogP contribution in [0.3, 0.4) is 0 Å². The Balaban J connectivity index is 1.27. The molecule has 1 aliphatic carbocycles. The highest BCUT2D eigenvalue weighted by molar-refractivity contribution is 14.1. The van der Waals surface area contributed by atoms with Crippen LogP contribution >= 0.6 is 22.6 Å². The molecule has 6 nitrogen and oxygen atoms in total. The Kier molecular flexibility index (Phi) is 5.71. The minimum absolute atomic E-state index is 0.352. The summed E-state index contributed by atoms with van der Waals surface area (Å²) in [4.78, 5) is 29.6. The van der Waals surface area contributed by atoms with Crippen LogP contribution < -0.4 is 15.5 Å². The molecule has 3 aliphatic rings. The number of anilines is 2. The lowest BCUT2D eigenvalue weighted by Gasteiger charge is -2.43. The van der Waals surface area contributed by atoms with Crippen LogP contribution in [-0.4, -0.2) is 48.9 Å². The molecule has 0 aromatic heterocycles. The third-order valence-corrected chi connectivity index (χ3v) is 7.18. The van der Waals surface area contributed by atoms with Gasteiger partial charge in [0.1, 0.15) is 0 Å². The normalized spacial score (nSPS) is 20.9. The van der Waals surface area contributed by atoms with Crippen LogP contribution in [0.2, 0.25) is 0 Å². The molecular formula is C24H25IN4O2. The number of carbonyl (C=O) groups excluding carboxylic acids is 2. The molecule has 0 spiro atoms. The summed E-state index contributed by atoms with van der Waals surface area (Å²) in [5.74, 6) is -0.733. The Morgan fingerprint density at radius 1 is 0.935 bits per heavy atom. The van der Waals surface area contributed by atoms with Gasteiger partial charge in [0.05, 0.1) is 5.57 Å². The molecule has 1 saturated heterocycles. The number of hydrogen-bond donors (Lipinski definition) is 2. The monoisotopic (exact) mass is 528 g/mol. The quantitative estimate of drug-likeness (QED) is 0.360. The number of halogens is 1. The first-order chi connectivity index (χ1) is 15.1. The molecule has 0 bridgehead atoms. The van der Waals surface area contributed by atoms with Gasteiger partial charge in [-0.2, -0.15) is 0 Å². The van der Waals surface area contributed by atoms with E-state index in [-0.39, 0.29) is 11.8 Å². The largest absolute Gasteiger partial charge is 0.369 e. The molecule has 160 valence electrons. The summed E-state index contributed by atoms with van der Waals surface area (Å²) in [6.45, 7) is 4.42. The van der Waals surface area contributed by atoms with Gasteiger partial charge in [-0.1, -0.05) is 6.42 Å². The van der Waals surface area contributed by atoms with E-state index < -0.39 is 0 Å². The molecule has 2 aromatic rings. The van der Waals surface area contributed by atoms with Crippen LogP contribution in [0.1, 0.15) is 35.2 Å². The van der Waals surface area contributed by atoms with Crippen molar-refractivity contribution in [1.82, 2.24) is 10.2 Å². The molecule has 2 fully saturated rings. The van der Waals surface area contributed by atoms with Crippen LogP contribution in [-0.2, 0) is 4.79 Å². The zero-order chi connectivity index (χ0) is 21.4. The zero-order valence-corrected chi connectivity index (χ0v) is 19.4. The molecule has 2 aromatic carbocycles. The van der Waals surface area contributed by atoms with E-state index in [0.717, 1.165) is 41.5 Å². The van der Waals surface area contributed by atoms with Crippen molar-refractivity contribution in [2.45, 2.75) is 25.3 Å². The first kappa shape index (κ1) is 20.5. The molecule has 7 heteroatoms. The first-order valence-corrected chi connectivity index (χ1v) is 11.9. The van der Waals surface area contributed by atoms with Gasteiger partial charge >= 0.3 is 0 Å². The highest BCUT2D eigenvalue weighted by Gasteiger charge is 2.28. The lowest BCUT2D eigenvalue weighted by atomic mass is 9.91. The number of nitrogens with one attached hydrogen (secondary N) is 2. The molecule has 5 rings (SSSR count). The maximum absolute atomic E-state index is 12.4. The average Bonchev–Trinajstić information content (AvgIpc) is 2.73. The SMILES string of the molecule is O=C1NC(=O)c2ccc(I)cc2C1=CNc1ccc(N2CCN(C3CCC3)CC2)cc1. The van der Waals surface area contributed by atoms with E-state index in [2.05, 4.69) is 55.2 Å². The predicted molar refractivity (Wildman–Crippen MR) is 131 cm³/mol. The molecule has 0 unspecified atom stereocenters. The fraction of sp³-hybridized carbons (Fsp3) is 0.333. The van der Waals surface area contributed by atoms with E-state index in [1.807, 2.05) is 24.3 Å². The molecule has 2 aliphatic heterocycles. The minimum atomic E-state index is -0.382.